The van der Waals surface area contributed by atoms with Gasteiger partial charge in [-0.2, -0.15) is 13.2 Å². The van der Waals surface area contributed by atoms with Crippen LogP contribution in [0.5, 0.6) is 0 Å². The van der Waals surface area contributed by atoms with Gasteiger partial charge in [0.05, 0.1) is 10.5 Å². The zero-order chi connectivity index (χ0) is 19.9. The molecule has 27 heavy (non-hydrogen) atoms. The first-order valence-electron chi connectivity index (χ1n) is 7.73. The smallest absolute Gasteiger partial charge is 0.368 e. The number of alkyl halides is 3. The number of aromatic nitrogens is 1. The quantitative estimate of drug-likeness (QED) is 0.333. The van der Waals surface area contributed by atoms with Crippen LogP contribution in [0.25, 0.3) is 6.08 Å². The number of hydrogen-bond donors (Lipinski definition) is 2. The van der Waals surface area contributed by atoms with Crippen LogP contribution in [0.2, 0.25) is 0 Å². The highest BCUT2D eigenvalue weighted by Gasteiger charge is 2.30. The third kappa shape index (κ3) is 6.42. The average molecular weight is 380 g/mol. The molecule has 1 aromatic carbocycles. The van der Waals surface area contributed by atoms with Gasteiger partial charge in [0.15, 0.2) is 0 Å². The van der Waals surface area contributed by atoms with Crippen molar-refractivity contribution in [3.8, 4) is 0 Å². The summed E-state index contributed by atoms with van der Waals surface area (Å²) in [5.41, 5.74) is -0.412. The molecule has 0 saturated carbocycles. The lowest BCUT2D eigenvalue weighted by molar-refractivity contribution is -0.384. The van der Waals surface area contributed by atoms with E-state index in [0.717, 1.165) is 12.3 Å². The van der Waals surface area contributed by atoms with Crippen LogP contribution in [0.3, 0.4) is 0 Å². The van der Waals surface area contributed by atoms with E-state index in [-0.39, 0.29) is 24.6 Å². The first kappa shape index (κ1) is 19.9. The van der Waals surface area contributed by atoms with Crippen molar-refractivity contribution >= 4 is 23.5 Å². The van der Waals surface area contributed by atoms with Crippen molar-refractivity contribution in [3.05, 3.63) is 69.9 Å². The Morgan fingerprint density at radius 1 is 1.22 bits per heavy atom. The highest BCUT2D eigenvalue weighted by molar-refractivity contribution is 5.91. The number of rotatable bonds is 7. The van der Waals surface area contributed by atoms with Crippen LogP contribution < -0.4 is 10.6 Å². The molecule has 0 aliphatic heterocycles. The lowest BCUT2D eigenvalue weighted by Gasteiger charge is -2.08. The molecule has 0 aliphatic rings. The standard InChI is InChI=1S/C17H15F3N4O3/c18-17(19,20)13-5-6-15(23-11-13)21-8-9-22-16(25)7-4-12-2-1-3-14(10-12)24(26)27/h1-7,10-11H,8-9H2,(H,21,23)(H,22,25)/b7-4+. The highest BCUT2D eigenvalue weighted by Crippen LogP contribution is 2.28. The molecule has 0 bridgehead atoms. The molecule has 0 unspecified atom stereocenters. The maximum Gasteiger partial charge on any atom is 0.417 e. The summed E-state index contributed by atoms with van der Waals surface area (Å²) in [5, 5.41) is 16.0. The molecular weight excluding hydrogens is 365 g/mol. The zero-order valence-corrected chi connectivity index (χ0v) is 13.9. The number of nitrogens with zero attached hydrogens (tertiary/aromatic N) is 2. The van der Waals surface area contributed by atoms with E-state index < -0.39 is 22.6 Å². The van der Waals surface area contributed by atoms with Gasteiger partial charge in [-0.3, -0.25) is 14.9 Å². The van der Waals surface area contributed by atoms with Crippen molar-refractivity contribution in [2.75, 3.05) is 18.4 Å². The maximum absolute atomic E-state index is 12.4. The van der Waals surface area contributed by atoms with E-state index in [1.807, 2.05) is 0 Å². The van der Waals surface area contributed by atoms with Crippen LogP contribution in [0.1, 0.15) is 11.1 Å². The summed E-state index contributed by atoms with van der Waals surface area (Å²) in [6, 6.07) is 7.92. The molecule has 0 saturated heterocycles. The third-order valence-corrected chi connectivity index (χ3v) is 3.33. The Balaban J connectivity index is 1.76. The van der Waals surface area contributed by atoms with Crippen molar-refractivity contribution in [2.24, 2.45) is 0 Å². The van der Waals surface area contributed by atoms with Crippen LogP contribution in [0.15, 0.2) is 48.7 Å². The minimum absolute atomic E-state index is 0.0780. The number of carbonyl (C=O) groups is 1. The molecule has 2 rings (SSSR count). The van der Waals surface area contributed by atoms with Gasteiger partial charge in [-0.05, 0) is 23.8 Å². The molecule has 0 fully saturated rings. The molecule has 2 N–H and O–H groups in total. The molecule has 0 atom stereocenters. The molecule has 1 aromatic heterocycles. The number of carbonyl (C=O) groups excluding carboxylic acids is 1. The zero-order valence-electron chi connectivity index (χ0n) is 13.9. The number of non-ortho nitro benzene ring substituents is 1. The Hall–Kier alpha value is -3.43. The summed E-state index contributed by atoms with van der Waals surface area (Å²) >= 11 is 0. The Labute approximate surface area is 152 Å². The number of anilines is 1. The fraction of sp³-hybridized carbons (Fsp3) is 0.176. The van der Waals surface area contributed by atoms with Gasteiger partial charge in [-0.15, -0.1) is 0 Å². The number of nitro groups is 1. The van der Waals surface area contributed by atoms with Gasteiger partial charge in [0, 0.05) is 37.5 Å². The van der Waals surface area contributed by atoms with E-state index in [1.54, 1.807) is 6.07 Å². The van der Waals surface area contributed by atoms with Crippen LogP contribution >= 0.6 is 0 Å². The minimum Gasteiger partial charge on any atom is -0.368 e. The second kappa shape index (κ2) is 8.79. The van der Waals surface area contributed by atoms with E-state index >= 15 is 0 Å². The Morgan fingerprint density at radius 3 is 2.63 bits per heavy atom. The van der Waals surface area contributed by atoms with Gasteiger partial charge in [0.2, 0.25) is 5.91 Å². The predicted molar refractivity (Wildman–Crippen MR) is 92.9 cm³/mol. The summed E-state index contributed by atoms with van der Waals surface area (Å²) < 4.78 is 37.3. The number of pyridine rings is 1. The van der Waals surface area contributed by atoms with Gasteiger partial charge in [0.1, 0.15) is 5.82 Å². The van der Waals surface area contributed by atoms with E-state index in [2.05, 4.69) is 15.6 Å². The lowest BCUT2D eigenvalue weighted by atomic mass is 10.2. The topological polar surface area (TPSA) is 97.2 Å². The number of nitro benzene ring substituents is 1. The Morgan fingerprint density at radius 2 is 2.00 bits per heavy atom. The molecule has 2 aromatic rings. The van der Waals surface area contributed by atoms with Crippen molar-refractivity contribution in [1.29, 1.82) is 0 Å². The summed E-state index contributed by atoms with van der Waals surface area (Å²) in [7, 11) is 0. The molecular formula is C17H15F3N4O3. The summed E-state index contributed by atoms with van der Waals surface area (Å²) in [5.74, 6) is -0.159. The molecule has 10 heteroatoms. The minimum atomic E-state index is -4.44. The van der Waals surface area contributed by atoms with E-state index in [1.165, 1.54) is 36.4 Å². The van der Waals surface area contributed by atoms with Gasteiger partial charge in [-0.1, -0.05) is 12.1 Å². The van der Waals surface area contributed by atoms with E-state index in [4.69, 9.17) is 0 Å². The Bertz CT molecular complexity index is 836. The molecule has 7 nitrogen and oxygen atoms in total. The fourth-order valence-corrected chi connectivity index (χ4v) is 2.02. The summed E-state index contributed by atoms with van der Waals surface area (Å²) in [4.78, 5) is 25.5. The van der Waals surface area contributed by atoms with Gasteiger partial charge in [-0.25, -0.2) is 4.98 Å². The monoisotopic (exact) mass is 380 g/mol. The Kier molecular flexibility index (Phi) is 6.47. The van der Waals surface area contributed by atoms with E-state index in [9.17, 15) is 28.1 Å². The van der Waals surface area contributed by atoms with Crippen LogP contribution in [-0.2, 0) is 11.0 Å². The maximum atomic E-state index is 12.4. The highest BCUT2D eigenvalue weighted by atomic mass is 19.4. The molecule has 0 aliphatic carbocycles. The van der Waals surface area contributed by atoms with Crippen molar-refractivity contribution < 1.29 is 22.9 Å². The number of benzene rings is 1. The summed E-state index contributed by atoms with van der Waals surface area (Å²) in [6.45, 7) is 0.468. The normalized spacial score (nSPS) is 11.4. The number of nitrogens with one attached hydrogen (secondary N) is 2. The van der Waals surface area contributed by atoms with Gasteiger partial charge < -0.3 is 10.6 Å². The molecule has 1 heterocycles. The molecule has 142 valence electrons. The third-order valence-electron chi connectivity index (χ3n) is 3.33. The number of hydrogen-bond acceptors (Lipinski definition) is 5. The second-order valence-electron chi connectivity index (χ2n) is 5.33. The predicted octanol–water partition coefficient (Wildman–Crippen LogP) is 3.25. The van der Waals surface area contributed by atoms with Gasteiger partial charge >= 0.3 is 6.18 Å². The fourth-order valence-electron chi connectivity index (χ4n) is 2.02. The van der Waals surface area contributed by atoms with Crippen molar-refractivity contribution in [2.45, 2.75) is 6.18 Å². The molecule has 0 spiro atoms. The second-order valence-corrected chi connectivity index (χ2v) is 5.33. The number of amides is 1. The first-order valence-corrected chi connectivity index (χ1v) is 7.73. The van der Waals surface area contributed by atoms with Crippen molar-refractivity contribution in [1.82, 2.24) is 10.3 Å². The largest absolute Gasteiger partial charge is 0.417 e. The first-order chi connectivity index (χ1) is 12.8. The lowest BCUT2D eigenvalue weighted by Crippen LogP contribution is -2.27. The molecule has 1 amide bonds. The van der Waals surface area contributed by atoms with Crippen molar-refractivity contribution in [3.63, 3.8) is 0 Å². The SMILES string of the molecule is O=C(/C=C/c1cccc([N+](=O)[O-])c1)NCCNc1ccc(C(F)(F)F)cn1. The molecule has 0 radical (unpaired) electrons. The van der Waals surface area contributed by atoms with Crippen LogP contribution in [-0.4, -0.2) is 28.9 Å². The van der Waals surface area contributed by atoms with E-state index in [0.29, 0.717) is 5.56 Å². The van der Waals surface area contributed by atoms with Crippen LogP contribution in [0, 0.1) is 10.1 Å². The summed E-state index contributed by atoms with van der Waals surface area (Å²) in [6.07, 6.45) is -1.05. The van der Waals surface area contributed by atoms with Crippen LogP contribution in [0.4, 0.5) is 24.7 Å². The number of halogens is 3. The average Bonchev–Trinajstić information content (AvgIpc) is 2.63. The van der Waals surface area contributed by atoms with Gasteiger partial charge in [0.25, 0.3) is 5.69 Å².